The molecule has 2 aliphatic rings. The zero-order chi connectivity index (χ0) is 25.0. The van der Waals surface area contributed by atoms with Gasteiger partial charge in [0, 0.05) is 0 Å². The van der Waals surface area contributed by atoms with Crippen LogP contribution in [0.4, 0.5) is 0 Å². The van der Waals surface area contributed by atoms with Gasteiger partial charge in [-0.15, -0.1) is 0 Å². The van der Waals surface area contributed by atoms with Gasteiger partial charge in [-0.3, -0.25) is 0 Å². The van der Waals surface area contributed by atoms with Gasteiger partial charge < -0.3 is 70.0 Å². The van der Waals surface area contributed by atoms with Gasteiger partial charge >= 0.3 is 0 Å². The molecule has 2 fully saturated rings. The Labute approximate surface area is 184 Å². The minimum atomic E-state index is -1.74. The molecule has 0 bridgehead atoms. The summed E-state index contributed by atoms with van der Waals surface area (Å²) < 4.78 is 20.0. The molecule has 0 aromatic carbocycles. The maximum atomic E-state index is 9.94. The highest BCUT2D eigenvalue weighted by atomic mass is 16.7. The molecule has 0 aliphatic carbocycles. The molecule has 2 rings (SSSR count). The summed E-state index contributed by atoms with van der Waals surface area (Å²) in [5.74, 6) is -2.53. The fourth-order valence-corrected chi connectivity index (χ4v) is 3.18. The smallest absolute Gasteiger partial charge is 0.187 e. The Hall–Kier alpha value is -0.560. The van der Waals surface area contributed by atoms with Gasteiger partial charge in [0.1, 0.15) is 48.8 Å². The molecule has 2 aliphatic heterocycles. The molecule has 0 unspecified atom stereocenters. The minimum Gasteiger partial charge on any atom is -0.394 e. The molecular weight excluding hydrogens is 440 g/mol. The largest absolute Gasteiger partial charge is 0.394 e. The molecule has 0 spiro atoms. The molecule has 10 N–H and O–H groups in total. The predicted molar refractivity (Wildman–Crippen MR) is 102 cm³/mol. The summed E-state index contributed by atoms with van der Waals surface area (Å²) in [5, 5.41) is 94.4. The zero-order valence-electron chi connectivity index (χ0n) is 18.3. The van der Waals surface area contributed by atoms with E-state index in [-0.39, 0.29) is 0 Å². The third-order valence-corrected chi connectivity index (χ3v) is 4.48. The van der Waals surface area contributed by atoms with E-state index in [1.54, 1.807) is 0 Å². The quantitative estimate of drug-likeness (QED) is 0.162. The highest BCUT2D eigenvalue weighted by Gasteiger charge is 2.50. The molecule has 14 heteroatoms. The summed E-state index contributed by atoms with van der Waals surface area (Å²) in [6.07, 6.45) is -15.6. The molecule has 0 aromatic rings. The van der Waals surface area contributed by atoms with Crippen molar-refractivity contribution in [3.63, 3.8) is 0 Å². The van der Waals surface area contributed by atoms with E-state index in [1.165, 1.54) is 27.7 Å². The second kappa shape index (κ2) is 11.7. The van der Waals surface area contributed by atoms with Crippen LogP contribution in [0.2, 0.25) is 0 Å². The third kappa shape index (κ3) is 8.34. The van der Waals surface area contributed by atoms with Gasteiger partial charge in [-0.05, 0) is 27.7 Å². The molecule has 0 aromatic heterocycles. The number of aliphatic hydroxyl groups is 10. The van der Waals surface area contributed by atoms with Gasteiger partial charge in [-0.1, -0.05) is 0 Å². The summed E-state index contributed by atoms with van der Waals surface area (Å²) in [6, 6.07) is 0. The fraction of sp³-hybridized carbons (Fsp3) is 1.00. The van der Waals surface area contributed by atoms with Crippen molar-refractivity contribution in [3.05, 3.63) is 0 Å². The van der Waals surface area contributed by atoms with E-state index in [4.69, 9.17) is 34.3 Å². The van der Waals surface area contributed by atoms with Crippen LogP contribution in [0.15, 0.2) is 0 Å². The lowest BCUT2D eigenvalue weighted by Crippen LogP contribution is -2.64. The Morgan fingerprint density at radius 2 is 1.16 bits per heavy atom. The first-order valence-electron chi connectivity index (χ1n) is 9.93. The first-order valence-corrected chi connectivity index (χ1v) is 9.93. The highest BCUT2D eigenvalue weighted by Crippen LogP contribution is 2.28. The molecule has 32 heavy (non-hydrogen) atoms. The predicted octanol–water partition coefficient (Wildman–Crippen LogP) is -4.94. The Morgan fingerprint density at radius 1 is 0.656 bits per heavy atom. The molecule has 192 valence electrons. The Morgan fingerprint density at radius 3 is 1.56 bits per heavy atom. The number of aliphatic hydroxyl groups excluding tert-OH is 8. The van der Waals surface area contributed by atoms with Gasteiger partial charge in [0.25, 0.3) is 0 Å². The molecular formula is C18H36O14. The van der Waals surface area contributed by atoms with Crippen LogP contribution < -0.4 is 0 Å². The fourth-order valence-electron chi connectivity index (χ4n) is 3.18. The molecule has 14 nitrogen and oxygen atoms in total. The molecule has 2 heterocycles. The van der Waals surface area contributed by atoms with E-state index in [2.05, 4.69) is 0 Å². The summed E-state index contributed by atoms with van der Waals surface area (Å²) in [6.45, 7) is 4.51. The highest BCUT2D eigenvalue weighted by molar-refractivity contribution is 4.93. The Balaban J connectivity index is 0.000000482. The van der Waals surface area contributed by atoms with E-state index in [0.29, 0.717) is 0 Å². The third-order valence-electron chi connectivity index (χ3n) is 4.48. The number of hydrogen-bond acceptors (Lipinski definition) is 14. The lowest BCUT2D eigenvalue weighted by molar-refractivity contribution is -0.355. The van der Waals surface area contributed by atoms with Crippen LogP contribution >= 0.6 is 0 Å². The number of ether oxygens (including phenoxy) is 4. The van der Waals surface area contributed by atoms with Crippen LogP contribution in [-0.2, 0) is 18.9 Å². The Kier molecular flexibility index (Phi) is 10.8. The van der Waals surface area contributed by atoms with Crippen molar-refractivity contribution in [2.24, 2.45) is 0 Å². The number of hydrogen-bond donors (Lipinski definition) is 10. The summed E-state index contributed by atoms with van der Waals surface area (Å²) in [4.78, 5) is 0. The monoisotopic (exact) mass is 476 g/mol. The Bertz CT molecular complexity index is 533. The standard InChI is InChI=1S/C12H22O11.C6H14O3/c13-1-3-5(15)6(16)9(19)12(22-3)23-10-4(2-14)21-11(20)8(18)7(10)17;1-5(2,7)9-6(3,4)8/h3-20H,1-2H2;7-8H,1-4H3/t3-,4-,5-,6+,7-,8-,9-,10-,11-,12+;/m1./s1. The van der Waals surface area contributed by atoms with Crippen LogP contribution in [0.1, 0.15) is 27.7 Å². The van der Waals surface area contributed by atoms with Gasteiger partial charge in [-0.25, -0.2) is 0 Å². The SMILES string of the molecule is CC(C)(O)OC(C)(C)O.OC[C@H]1O[C@@H](O[C@H]2[C@H](O)[C@@H](O)[C@H](O)O[C@@H]2CO)[C@H](O)[C@@H](O)[C@@H]1O. The van der Waals surface area contributed by atoms with E-state index in [1.807, 2.05) is 0 Å². The van der Waals surface area contributed by atoms with Crippen molar-refractivity contribution in [2.45, 2.75) is 101 Å². The lowest BCUT2D eigenvalue weighted by Gasteiger charge is -2.45. The van der Waals surface area contributed by atoms with Crippen LogP contribution in [0.5, 0.6) is 0 Å². The van der Waals surface area contributed by atoms with E-state index < -0.39 is 86.2 Å². The molecule has 0 amide bonds. The maximum absolute atomic E-state index is 9.94. The second-order valence-corrected chi connectivity index (χ2v) is 8.52. The molecule has 0 radical (unpaired) electrons. The van der Waals surface area contributed by atoms with Crippen LogP contribution in [0.25, 0.3) is 0 Å². The second-order valence-electron chi connectivity index (χ2n) is 8.52. The first-order chi connectivity index (χ1) is 14.5. The molecule has 0 saturated carbocycles. The van der Waals surface area contributed by atoms with E-state index in [9.17, 15) is 35.7 Å². The van der Waals surface area contributed by atoms with Crippen molar-refractivity contribution < 1.29 is 70.0 Å². The van der Waals surface area contributed by atoms with Crippen molar-refractivity contribution >= 4 is 0 Å². The van der Waals surface area contributed by atoms with Gasteiger partial charge in [0.2, 0.25) is 0 Å². The minimum absolute atomic E-state index is 0.667. The first kappa shape index (κ1) is 29.5. The van der Waals surface area contributed by atoms with Crippen LogP contribution in [0.3, 0.4) is 0 Å². The average Bonchev–Trinajstić information content (AvgIpc) is 2.65. The lowest BCUT2D eigenvalue weighted by atomic mass is 9.97. The summed E-state index contributed by atoms with van der Waals surface area (Å²) >= 11 is 0. The average molecular weight is 476 g/mol. The zero-order valence-corrected chi connectivity index (χ0v) is 18.3. The number of rotatable bonds is 6. The van der Waals surface area contributed by atoms with Gasteiger partial charge in [0.15, 0.2) is 24.2 Å². The molecule has 2 saturated heterocycles. The van der Waals surface area contributed by atoms with E-state index >= 15 is 0 Å². The van der Waals surface area contributed by atoms with Crippen molar-refractivity contribution in [3.8, 4) is 0 Å². The van der Waals surface area contributed by atoms with Crippen LogP contribution in [-0.4, -0.2) is 137 Å². The van der Waals surface area contributed by atoms with Crippen molar-refractivity contribution in [1.29, 1.82) is 0 Å². The normalized spacial score (nSPS) is 41.1. The maximum Gasteiger partial charge on any atom is 0.187 e. The summed E-state index contributed by atoms with van der Waals surface area (Å²) in [5.41, 5.74) is 0. The van der Waals surface area contributed by atoms with Gasteiger partial charge in [0.05, 0.1) is 13.2 Å². The molecule has 10 atom stereocenters. The topological polar surface area (TPSA) is 239 Å². The van der Waals surface area contributed by atoms with E-state index in [0.717, 1.165) is 0 Å². The van der Waals surface area contributed by atoms with Crippen LogP contribution in [0, 0.1) is 0 Å². The summed E-state index contributed by atoms with van der Waals surface area (Å²) in [7, 11) is 0. The van der Waals surface area contributed by atoms with Gasteiger partial charge in [-0.2, -0.15) is 0 Å². The van der Waals surface area contributed by atoms with Crippen molar-refractivity contribution in [1.82, 2.24) is 0 Å². The van der Waals surface area contributed by atoms with Crippen molar-refractivity contribution in [2.75, 3.05) is 13.2 Å².